The summed E-state index contributed by atoms with van der Waals surface area (Å²) in [5, 5.41) is 0. The molecule has 1 aliphatic rings. The topological polar surface area (TPSA) is 66.5 Å². The zero-order valence-corrected chi connectivity index (χ0v) is 16.1. The van der Waals surface area contributed by atoms with Gasteiger partial charge in [0.2, 0.25) is 15.9 Å². The van der Waals surface area contributed by atoms with Crippen LogP contribution in [0.4, 0.5) is 5.69 Å². The number of nitrogens with one attached hydrogen (secondary N) is 1. The lowest BCUT2D eigenvalue weighted by Crippen LogP contribution is -2.45. The van der Waals surface area contributed by atoms with Gasteiger partial charge in [-0.2, -0.15) is 0 Å². The highest BCUT2D eigenvalue weighted by Gasteiger charge is 2.28. The van der Waals surface area contributed by atoms with Crippen molar-refractivity contribution in [2.75, 3.05) is 11.9 Å². The van der Waals surface area contributed by atoms with Crippen LogP contribution in [0.1, 0.15) is 31.4 Å². The van der Waals surface area contributed by atoms with Crippen LogP contribution < -0.4 is 9.62 Å². The number of fused-ring (bicyclic) bond motifs is 1. The lowest BCUT2D eigenvalue weighted by atomic mass is 9.96. The van der Waals surface area contributed by atoms with Crippen molar-refractivity contribution in [3.8, 4) is 0 Å². The van der Waals surface area contributed by atoms with E-state index in [4.69, 9.17) is 0 Å². The van der Waals surface area contributed by atoms with Gasteiger partial charge in [-0.3, -0.25) is 4.79 Å². The Morgan fingerprint density at radius 2 is 1.77 bits per heavy atom. The third-order valence-corrected chi connectivity index (χ3v) is 6.30. The van der Waals surface area contributed by atoms with Gasteiger partial charge in [-0.15, -0.1) is 0 Å². The number of benzene rings is 2. The Labute approximate surface area is 155 Å². The van der Waals surface area contributed by atoms with Gasteiger partial charge < -0.3 is 4.90 Å². The summed E-state index contributed by atoms with van der Waals surface area (Å²) >= 11 is 0. The van der Waals surface area contributed by atoms with Gasteiger partial charge in [0.1, 0.15) is 0 Å². The molecule has 1 aliphatic heterocycles. The number of anilines is 1. The number of hydrogen-bond acceptors (Lipinski definition) is 3. The lowest BCUT2D eigenvalue weighted by Gasteiger charge is -2.28. The molecule has 0 unspecified atom stereocenters. The molecular formula is C20H24N2O3S. The highest BCUT2D eigenvalue weighted by molar-refractivity contribution is 7.89. The number of carbonyl (C=O) groups is 1. The van der Waals surface area contributed by atoms with Crippen molar-refractivity contribution in [3.63, 3.8) is 0 Å². The molecule has 0 spiro atoms. The van der Waals surface area contributed by atoms with E-state index in [1.807, 2.05) is 44.2 Å². The average molecular weight is 372 g/mol. The van der Waals surface area contributed by atoms with Crippen LogP contribution in [0.3, 0.4) is 0 Å². The van der Waals surface area contributed by atoms with Gasteiger partial charge >= 0.3 is 0 Å². The monoisotopic (exact) mass is 372 g/mol. The Hall–Kier alpha value is -2.18. The van der Waals surface area contributed by atoms with Crippen molar-refractivity contribution in [1.29, 1.82) is 0 Å². The van der Waals surface area contributed by atoms with Crippen LogP contribution in [0.2, 0.25) is 0 Å². The highest BCUT2D eigenvalue weighted by atomic mass is 32.2. The highest BCUT2D eigenvalue weighted by Crippen LogP contribution is 2.29. The number of amides is 1. The zero-order chi connectivity index (χ0) is 18.9. The Kier molecular flexibility index (Phi) is 4.90. The minimum atomic E-state index is -3.66. The lowest BCUT2D eigenvalue weighted by molar-refractivity contribution is -0.118. The van der Waals surface area contributed by atoms with E-state index in [9.17, 15) is 13.2 Å². The van der Waals surface area contributed by atoms with Crippen molar-refractivity contribution in [2.24, 2.45) is 0 Å². The number of hydrogen-bond donors (Lipinski definition) is 1. The number of carbonyl (C=O) groups excluding carboxylic acids is 1. The predicted octanol–water partition coefficient (Wildman–Crippen LogP) is 2.90. The first-order valence-corrected chi connectivity index (χ1v) is 10.1. The Morgan fingerprint density at radius 3 is 2.46 bits per heavy atom. The maximum atomic E-state index is 12.9. The third-order valence-electron chi connectivity index (χ3n) is 4.60. The smallest absolute Gasteiger partial charge is 0.241 e. The van der Waals surface area contributed by atoms with Crippen molar-refractivity contribution < 1.29 is 13.2 Å². The van der Waals surface area contributed by atoms with Gasteiger partial charge in [-0.25, -0.2) is 13.1 Å². The molecule has 0 radical (unpaired) electrons. The molecule has 0 aliphatic carbocycles. The fourth-order valence-corrected chi connectivity index (χ4v) is 4.83. The van der Waals surface area contributed by atoms with Crippen LogP contribution in [-0.2, 0) is 27.7 Å². The largest absolute Gasteiger partial charge is 0.315 e. The van der Waals surface area contributed by atoms with Crippen molar-refractivity contribution in [3.05, 3.63) is 59.7 Å². The summed E-state index contributed by atoms with van der Waals surface area (Å²) < 4.78 is 28.6. The summed E-state index contributed by atoms with van der Waals surface area (Å²) in [5.74, 6) is 0.0511. The molecule has 0 fully saturated rings. The Morgan fingerprint density at radius 1 is 1.08 bits per heavy atom. The molecule has 1 N–H and O–H groups in total. The van der Waals surface area contributed by atoms with E-state index >= 15 is 0 Å². The molecule has 0 aromatic heterocycles. The van der Waals surface area contributed by atoms with Crippen molar-refractivity contribution in [1.82, 2.24) is 4.72 Å². The van der Waals surface area contributed by atoms with Gasteiger partial charge in [-0.1, -0.05) is 30.3 Å². The van der Waals surface area contributed by atoms with Crippen LogP contribution in [0, 0.1) is 0 Å². The second-order valence-corrected chi connectivity index (χ2v) is 9.08. The summed E-state index contributed by atoms with van der Waals surface area (Å²) in [6, 6.07) is 14.8. The van der Waals surface area contributed by atoms with Gasteiger partial charge in [0.25, 0.3) is 0 Å². The normalized spacial score (nSPS) is 15.0. The SMILES string of the molecule is CN1C(=O)CCc2cc(S(=O)(=O)NC(C)(C)Cc3ccccc3)ccc21. The molecule has 2 aromatic carbocycles. The Bertz CT molecular complexity index is 921. The van der Waals surface area contributed by atoms with Crippen LogP contribution in [0.25, 0.3) is 0 Å². The average Bonchev–Trinajstić information content (AvgIpc) is 2.57. The Balaban J connectivity index is 1.83. The molecule has 0 saturated carbocycles. The van der Waals surface area contributed by atoms with E-state index < -0.39 is 15.6 Å². The molecule has 26 heavy (non-hydrogen) atoms. The molecular weight excluding hydrogens is 348 g/mol. The van der Waals surface area contributed by atoms with Crippen LogP contribution in [-0.4, -0.2) is 26.9 Å². The first kappa shape index (κ1) is 18.6. The minimum Gasteiger partial charge on any atom is -0.315 e. The fraction of sp³-hybridized carbons (Fsp3) is 0.350. The summed E-state index contributed by atoms with van der Waals surface area (Å²) in [6.07, 6.45) is 1.56. The molecule has 0 atom stereocenters. The maximum absolute atomic E-state index is 12.9. The van der Waals surface area contributed by atoms with Gasteiger partial charge in [0.15, 0.2) is 0 Å². The molecule has 2 aromatic rings. The van der Waals surface area contributed by atoms with Crippen LogP contribution in [0.5, 0.6) is 0 Å². The van der Waals surface area contributed by atoms with E-state index in [0.29, 0.717) is 19.3 Å². The number of nitrogens with zero attached hydrogens (tertiary/aromatic N) is 1. The van der Waals surface area contributed by atoms with Gasteiger partial charge in [-0.05, 0) is 56.0 Å². The maximum Gasteiger partial charge on any atom is 0.241 e. The number of rotatable bonds is 5. The zero-order valence-electron chi connectivity index (χ0n) is 15.3. The minimum absolute atomic E-state index is 0.0511. The molecule has 1 heterocycles. The first-order valence-electron chi connectivity index (χ1n) is 8.65. The van der Waals surface area contributed by atoms with Crippen molar-refractivity contribution in [2.45, 2.75) is 43.5 Å². The second-order valence-electron chi connectivity index (χ2n) is 7.40. The summed E-state index contributed by atoms with van der Waals surface area (Å²) in [5.41, 5.74) is 2.12. The van der Waals surface area contributed by atoms with Crippen molar-refractivity contribution >= 4 is 21.6 Å². The van der Waals surface area contributed by atoms with E-state index in [2.05, 4.69) is 4.72 Å². The summed E-state index contributed by atoms with van der Waals surface area (Å²) in [6.45, 7) is 3.75. The molecule has 0 saturated heterocycles. The molecule has 1 amide bonds. The molecule has 3 rings (SSSR count). The molecule has 138 valence electrons. The second kappa shape index (κ2) is 6.85. The van der Waals surface area contributed by atoms with Gasteiger partial charge in [0.05, 0.1) is 4.90 Å². The van der Waals surface area contributed by atoms with E-state index in [1.165, 1.54) is 0 Å². The van der Waals surface area contributed by atoms with E-state index in [0.717, 1.165) is 16.8 Å². The summed E-state index contributed by atoms with van der Waals surface area (Å²) in [4.78, 5) is 13.6. The predicted molar refractivity (Wildman–Crippen MR) is 103 cm³/mol. The molecule has 0 bridgehead atoms. The quantitative estimate of drug-likeness (QED) is 0.878. The van der Waals surface area contributed by atoms with E-state index in [1.54, 1.807) is 30.1 Å². The van der Waals surface area contributed by atoms with Gasteiger partial charge in [0, 0.05) is 24.7 Å². The van der Waals surface area contributed by atoms with Crippen LogP contribution >= 0.6 is 0 Å². The van der Waals surface area contributed by atoms with Crippen LogP contribution in [0.15, 0.2) is 53.4 Å². The molecule has 6 heteroatoms. The first-order chi connectivity index (χ1) is 12.2. The standard InChI is InChI=1S/C20H24N2O3S/c1-20(2,14-15-7-5-4-6-8-15)21-26(24,25)17-10-11-18-16(13-17)9-12-19(23)22(18)3/h4-8,10-11,13,21H,9,12,14H2,1-3H3. The number of aryl methyl sites for hydroxylation is 1. The summed E-state index contributed by atoms with van der Waals surface area (Å²) in [7, 11) is -1.94. The fourth-order valence-electron chi connectivity index (χ4n) is 3.37. The molecule has 5 nitrogen and oxygen atoms in total. The van der Waals surface area contributed by atoms with E-state index in [-0.39, 0.29) is 10.8 Å². The third kappa shape index (κ3) is 3.97. The number of sulfonamides is 1.